The Morgan fingerprint density at radius 2 is 2.05 bits per heavy atom. The molecule has 0 unspecified atom stereocenters. The van der Waals surface area contributed by atoms with Gasteiger partial charge >= 0.3 is 0 Å². The Labute approximate surface area is 115 Å². The van der Waals surface area contributed by atoms with E-state index in [-0.39, 0.29) is 12.2 Å². The summed E-state index contributed by atoms with van der Waals surface area (Å²) in [6.45, 7) is 0.897. The van der Waals surface area contributed by atoms with Gasteiger partial charge < -0.3 is 11.5 Å². The van der Waals surface area contributed by atoms with E-state index in [0.29, 0.717) is 0 Å². The lowest BCUT2D eigenvalue weighted by Crippen LogP contribution is -2.38. The normalized spacial score (nSPS) is 11.8. The van der Waals surface area contributed by atoms with Crippen molar-refractivity contribution in [1.29, 1.82) is 0 Å². The van der Waals surface area contributed by atoms with Gasteiger partial charge in [-0.15, -0.1) is 0 Å². The number of likely N-dealkylation sites (N-methyl/N-ethyl adjacent to an activating group) is 1. The summed E-state index contributed by atoms with van der Waals surface area (Å²) in [6.07, 6.45) is 0. The first-order valence-electron chi connectivity index (χ1n) is 5.23. The van der Waals surface area contributed by atoms with E-state index >= 15 is 0 Å². The number of hydrogen-bond acceptors (Lipinski definition) is 4. The maximum absolute atomic E-state index is 13.8. The second-order valence-electron chi connectivity index (χ2n) is 3.71. The molecule has 19 heavy (non-hydrogen) atoms. The number of amides is 1. The summed E-state index contributed by atoms with van der Waals surface area (Å²) in [4.78, 5) is 10.2. The smallest absolute Gasteiger partial charge is 0.246 e. The van der Waals surface area contributed by atoms with Gasteiger partial charge in [-0.3, -0.25) is 4.79 Å². The molecule has 0 saturated carbocycles. The lowest BCUT2D eigenvalue weighted by molar-refractivity contribution is -0.118. The van der Waals surface area contributed by atoms with Crippen LogP contribution in [0.5, 0.6) is 0 Å². The van der Waals surface area contributed by atoms with E-state index in [4.69, 9.17) is 23.1 Å². The van der Waals surface area contributed by atoms with Gasteiger partial charge in [0.1, 0.15) is 4.90 Å². The maximum atomic E-state index is 13.8. The van der Waals surface area contributed by atoms with Crippen molar-refractivity contribution < 1.29 is 17.6 Å². The van der Waals surface area contributed by atoms with Gasteiger partial charge in [0.25, 0.3) is 0 Å². The highest BCUT2D eigenvalue weighted by molar-refractivity contribution is 7.89. The SMILES string of the molecule is CCN(CC(N)=O)S(=O)(=O)c1cc(N)cc(Cl)c1F. The first-order chi connectivity index (χ1) is 8.70. The molecule has 0 spiro atoms. The molecule has 0 saturated heterocycles. The number of benzene rings is 1. The highest BCUT2D eigenvalue weighted by atomic mass is 35.5. The second-order valence-corrected chi connectivity index (χ2v) is 6.03. The number of nitrogen functional groups attached to an aromatic ring is 1. The zero-order valence-electron chi connectivity index (χ0n) is 10.1. The van der Waals surface area contributed by atoms with E-state index in [1.54, 1.807) is 0 Å². The molecule has 6 nitrogen and oxygen atoms in total. The van der Waals surface area contributed by atoms with Crippen molar-refractivity contribution in [2.75, 3.05) is 18.8 Å². The van der Waals surface area contributed by atoms with Crippen molar-refractivity contribution in [1.82, 2.24) is 4.31 Å². The molecule has 0 bridgehead atoms. The van der Waals surface area contributed by atoms with Gasteiger partial charge in [-0.1, -0.05) is 18.5 Å². The highest BCUT2D eigenvalue weighted by Gasteiger charge is 2.29. The van der Waals surface area contributed by atoms with E-state index in [1.807, 2.05) is 0 Å². The van der Waals surface area contributed by atoms with Crippen molar-refractivity contribution >= 4 is 33.2 Å². The standard InChI is InChI=1S/C10H13ClFN3O3S/c1-2-15(5-9(14)16)19(17,18)8-4-6(13)3-7(11)10(8)12/h3-4H,2,5,13H2,1H3,(H2,14,16). The van der Waals surface area contributed by atoms with Crippen LogP contribution in [-0.4, -0.2) is 31.7 Å². The lowest BCUT2D eigenvalue weighted by Gasteiger charge is -2.19. The lowest BCUT2D eigenvalue weighted by atomic mass is 10.3. The van der Waals surface area contributed by atoms with Gasteiger partial charge in [0.15, 0.2) is 5.82 Å². The molecule has 4 N–H and O–H groups in total. The van der Waals surface area contributed by atoms with Crippen LogP contribution in [0.1, 0.15) is 6.92 Å². The zero-order chi connectivity index (χ0) is 14.8. The number of carbonyl (C=O) groups is 1. The van der Waals surface area contributed by atoms with Gasteiger partial charge in [-0.25, -0.2) is 12.8 Å². The fraction of sp³-hybridized carbons (Fsp3) is 0.300. The van der Waals surface area contributed by atoms with Crippen LogP contribution in [0.3, 0.4) is 0 Å². The number of rotatable bonds is 5. The number of primary amides is 1. The molecule has 0 aliphatic rings. The molecule has 1 aromatic carbocycles. The minimum Gasteiger partial charge on any atom is -0.399 e. The van der Waals surface area contributed by atoms with Crippen LogP contribution in [0.15, 0.2) is 17.0 Å². The summed E-state index contributed by atoms with van der Waals surface area (Å²) >= 11 is 5.55. The van der Waals surface area contributed by atoms with Crippen LogP contribution < -0.4 is 11.5 Å². The molecule has 0 aliphatic carbocycles. The molecule has 0 radical (unpaired) electrons. The predicted octanol–water partition coefficient (Wildman–Crippen LogP) is 0.557. The Balaban J connectivity index is 3.37. The first kappa shape index (κ1) is 15.7. The number of nitrogens with zero attached hydrogens (tertiary/aromatic N) is 1. The fourth-order valence-corrected chi connectivity index (χ4v) is 3.27. The van der Waals surface area contributed by atoms with Crippen molar-refractivity contribution in [3.05, 3.63) is 23.0 Å². The molecule has 0 heterocycles. The summed E-state index contributed by atoms with van der Waals surface area (Å²) in [5.41, 5.74) is 10.4. The van der Waals surface area contributed by atoms with Crippen LogP contribution in [0.2, 0.25) is 5.02 Å². The number of anilines is 1. The van der Waals surface area contributed by atoms with Gasteiger partial charge in [-0.2, -0.15) is 4.31 Å². The van der Waals surface area contributed by atoms with E-state index in [2.05, 4.69) is 0 Å². The molecule has 1 aromatic rings. The van der Waals surface area contributed by atoms with Crippen LogP contribution in [0, 0.1) is 5.82 Å². The molecule has 0 aliphatic heterocycles. The third-order valence-corrected chi connectivity index (χ3v) is 4.51. The number of halogens is 2. The summed E-state index contributed by atoms with van der Waals surface area (Å²) in [5.74, 6) is -1.96. The molecule has 1 rings (SSSR count). The van der Waals surface area contributed by atoms with Crippen LogP contribution in [0.25, 0.3) is 0 Å². The van der Waals surface area contributed by atoms with Gasteiger partial charge in [0, 0.05) is 12.2 Å². The Morgan fingerprint density at radius 3 is 2.53 bits per heavy atom. The summed E-state index contributed by atoms with van der Waals surface area (Å²) in [7, 11) is -4.23. The number of nitrogens with two attached hydrogens (primary N) is 2. The zero-order valence-corrected chi connectivity index (χ0v) is 11.6. The molecule has 0 fully saturated rings. The number of carbonyl (C=O) groups excluding carboxylic acids is 1. The van der Waals surface area contributed by atoms with E-state index in [1.165, 1.54) is 6.92 Å². The fourth-order valence-electron chi connectivity index (χ4n) is 1.45. The van der Waals surface area contributed by atoms with E-state index in [0.717, 1.165) is 16.4 Å². The first-order valence-corrected chi connectivity index (χ1v) is 7.05. The van der Waals surface area contributed by atoms with Crippen molar-refractivity contribution in [3.63, 3.8) is 0 Å². The second kappa shape index (κ2) is 5.72. The van der Waals surface area contributed by atoms with E-state index < -0.39 is 38.2 Å². The maximum Gasteiger partial charge on any atom is 0.246 e. The number of sulfonamides is 1. The Kier molecular flexibility index (Phi) is 4.72. The van der Waals surface area contributed by atoms with Crippen molar-refractivity contribution in [3.8, 4) is 0 Å². The molecule has 0 aromatic heterocycles. The molecule has 106 valence electrons. The third kappa shape index (κ3) is 3.34. The Hall–Kier alpha value is -1.38. The summed E-state index contributed by atoms with van der Waals surface area (Å²) in [6, 6.07) is 2.04. The van der Waals surface area contributed by atoms with Crippen molar-refractivity contribution in [2.45, 2.75) is 11.8 Å². The average molecular weight is 310 g/mol. The van der Waals surface area contributed by atoms with Crippen LogP contribution >= 0.6 is 11.6 Å². The molecule has 0 atom stereocenters. The molecule has 9 heteroatoms. The average Bonchev–Trinajstić information content (AvgIpc) is 2.30. The van der Waals surface area contributed by atoms with Crippen molar-refractivity contribution in [2.24, 2.45) is 5.73 Å². The molecular formula is C10H13ClFN3O3S. The summed E-state index contributed by atoms with van der Waals surface area (Å²) in [5, 5.41) is -0.409. The van der Waals surface area contributed by atoms with Crippen LogP contribution in [0.4, 0.5) is 10.1 Å². The predicted molar refractivity (Wildman–Crippen MR) is 69.4 cm³/mol. The third-order valence-electron chi connectivity index (χ3n) is 2.32. The Morgan fingerprint density at radius 1 is 1.47 bits per heavy atom. The van der Waals surface area contributed by atoms with Gasteiger partial charge in [0.2, 0.25) is 15.9 Å². The molecule has 1 amide bonds. The summed E-state index contributed by atoms with van der Waals surface area (Å²) < 4.78 is 38.9. The highest BCUT2D eigenvalue weighted by Crippen LogP contribution is 2.27. The molecular weight excluding hydrogens is 297 g/mol. The number of hydrogen-bond donors (Lipinski definition) is 2. The topological polar surface area (TPSA) is 106 Å². The van der Waals surface area contributed by atoms with E-state index in [9.17, 15) is 17.6 Å². The minimum atomic E-state index is -4.23. The quantitative estimate of drug-likeness (QED) is 0.775. The largest absolute Gasteiger partial charge is 0.399 e. The monoisotopic (exact) mass is 309 g/mol. The minimum absolute atomic E-state index is 0.0000954. The van der Waals surface area contributed by atoms with Gasteiger partial charge in [0.05, 0.1) is 11.6 Å². The van der Waals surface area contributed by atoms with Crippen LogP contribution in [-0.2, 0) is 14.8 Å². The van der Waals surface area contributed by atoms with Gasteiger partial charge in [-0.05, 0) is 12.1 Å². The Bertz CT molecular complexity index is 606.